The third-order valence-electron chi connectivity index (χ3n) is 3.61. The van der Waals surface area contributed by atoms with Crippen LogP contribution in [0.25, 0.3) is 10.4 Å². The molecule has 2 aromatic heterocycles. The van der Waals surface area contributed by atoms with Crippen LogP contribution in [0.5, 0.6) is 0 Å². The molecule has 0 unspecified atom stereocenters. The van der Waals surface area contributed by atoms with E-state index in [-0.39, 0.29) is 11.6 Å². The number of nitrogens with zero attached hydrogens (tertiary/aromatic N) is 2. The number of anilines is 1. The monoisotopic (exact) mass is 387 g/mol. The Balaban J connectivity index is 1.94. The van der Waals surface area contributed by atoms with Gasteiger partial charge in [-0.25, -0.2) is 14.8 Å². The summed E-state index contributed by atoms with van der Waals surface area (Å²) in [5.74, 6) is -0.805. The van der Waals surface area contributed by atoms with Crippen molar-refractivity contribution in [2.75, 3.05) is 12.4 Å². The van der Waals surface area contributed by atoms with Crippen LogP contribution in [0.4, 0.5) is 5.13 Å². The summed E-state index contributed by atoms with van der Waals surface area (Å²) in [6.07, 6.45) is 0.674. The van der Waals surface area contributed by atoms with E-state index in [0.717, 1.165) is 16.3 Å². The number of hydrogen-bond donors (Lipinski definition) is 1. The molecule has 3 aromatic rings. The Labute approximate surface area is 158 Å². The molecule has 0 atom stereocenters. The highest BCUT2D eigenvalue weighted by Crippen LogP contribution is 2.34. The molecular formula is C18H17N3O3S2. The molecule has 1 aromatic carbocycles. The van der Waals surface area contributed by atoms with Crippen LogP contribution in [0.3, 0.4) is 0 Å². The third kappa shape index (κ3) is 3.66. The lowest BCUT2D eigenvalue weighted by Gasteiger charge is -2.00. The smallest absolute Gasteiger partial charge is 0.358 e. The summed E-state index contributed by atoms with van der Waals surface area (Å²) < 4.78 is 4.83. The number of ether oxygens (including phenoxy) is 1. The van der Waals surface area contributed by atoms with Crippen molar-refractivity contribution >= 4 is 39.7 Å². The highest BCUT2D eigenvalue weighted by Gasteiger charge is 2.23. The number of amides is 1. The molecule has 0 aliphatic carbocycles. The number of methoxy groups -OCH3 is 1. The SMILES string of the molecule is CCc1nc(C)sc1C(=O)Nc1nc(C(=O)OC)c(-c2ccccc2)s1. The predicted molar refractivity (Wildman–Crippen MR) is 103 cm³/mol. The van der Waals surface area contributed by atoms with E-state index in [4.69, 9.17) is 4.74 Å². The molecule has 0 aliphatic heterocycles. The predicted octanol–water partition coefficient (Wildman–Crippen LogP) is 4.18. The fraction of sp³-hybridized carbons (Fsp3) is 0.222. The number of rotatable bonds is 5. The second-order valence-corrected chi connectivity index (χ2v) is 7.57. The first-order chi connectivity index (χ1) is 12.5. The number of carbonyl (C=O) groups excluding carboxylic acids is 2. The van der Waals surface area contributed by atoms with E-state index < -0.39 is 5.97 Å². The number of aromatic nitrogens is 2. The highest BCUT2D eigenvalue weighted by atomic mass is 32.1. The van der Waals surface area contributed by atoms with Crippen LogP contribution >= 0.6 is 22.7 Å². The van der Waals surface area contributed by atoms with Crippen LogP contribution in [0, 0.1) is 6.92 Å². The zero-order valence-electron chi connectivity index (χ0n) is 14.5. The molecule has 6 nitrogen and oxygen atoms in total. The normalized spacial score (nSPS) is 10.6. The maximum absolute atomic E-state index is 12.6. The maximum Gasteiger partial charge on any atom is 0.358 e. The standard InChI is InChI=1S/C18H17N3O3S2/c1-4-12-15(25-10(2)19-12)16(22)21-18-20-13(17(23)24-3)14(26-18)11-8-6-5-7-9-11/h5-9H,4H2,1-3H3,(H,20,21,22). The minimum Gasteiger partial charge on any atom is -0.464 e. The van der Waals surface area contributed by atoms with E-state index in [1.54, 1.807) is 0 Å². The fourth-order valence-electron chi connectivity index (χ4n) is 2.43. The molecule has 0 fully saturated rings. The van der Waals surface area contributed by atoms with Crippen molar-refractivity contribution in [1.82, 2.24) is 9.97 Å². The Hall–Kier alpha value is -2.58. The number of benzene rings is 1. The van der Waals surface area contributed by atoms with Gasteiger partial charge in [0.1, 0.15) is 4.88 Å². The molecule has 1 N–H and O–H groups in total. The Kier molecular flexibility index (Phi) is 5.43. The van der Waals surface area contributed by atoms with Crippen molar-refractivity contribution < 1.29 is 14.3 Å². The van der Waals surface area contributed by atoms with E-state index >= 15 is 0 Å². The van der Waals surface area contributed by atoms with E-state index in [2.05, 4.69) is 15.3 Å². The van der Waals surface area contributed by atoms with Crippen LogP contribution in [-0.2, 0) is 11.2 Å². The van der Waals surface area contributed by atoms with Gasteiger partial charge in [0, 0.05) is 0 Å². The van der Waals surface area contributed by atoms with Gasteiger partial charge in [-0.15, -0.1) is 11.3 Å². The Morgan fingerprint density at radius 2 is 1.88 bits per heavy atom. The Morgan fingerprint density at radius 3 is 2.54 bits per heavy atom. The molecule has 134 valence electrons. The van der Waals surface area contributed by atoms with Gasteiger partial charge in [0.25, 0.3) is 5.91 Å². The summed E-state index contributed by atoms with van der Waals surface area (Å²) in [5, 5.41) is 3.98. The molecule has 26 heavy (non-hydrogen) atoms. The maximum atomic E-state index is 12.6. The molecular weight excluding hydrogens is 370 g/mol. The summed E-state index contributed by atoms with van der Waals surface area (Å²) in [6.45, 7) is 3.82. The van der Waals surface area contributed by atoms with Crippen LogP contribution in [0.15, 0.2) is 30.3 Å². The number of nitrogens with one attached hydrogen (secondary N) is 1. The van der Waals surface area contributed by atoms with E-state index in [9.17, 15) is 9.59 Å². The lowest BCUT2D eigenvalue weighted by molar-refractivity contribution is 0.0595. The first-order valence-corrected chi connectivity index (χ1v) is 9.59. The summed E-state index contributed by atoms with van der Waals surface area (Å²) in [6, 6.07) is 9.41. The fourth-order valence-corrected chi connectivity index (χ4v) is 4.29. The zero-order valence-corrected chi connectivity index (χ0v) is 16.2. The van der Waals surface area contributed by atoms with Crippen molar-refractivity contribution in [1.29, 1.82) is 0 Å². The van der Waals surface area contributed by atoms with Crippen LogP contribution in [0.2, 0.25) is 0 Å². The van der Waals surface area contributed by atoms with Gasteiger partial charge in [-0.1, -0.05) is 48.6 Å². The molecule has 8 heteroatoms. The van der Waals surface area contributed by atoms with Gasteiger partial charge in [-0.05, 0) is 18.9 Å². The van der Waals surface area contributed by atoms with Crippen LogP contribution in [-0.4, -0.2) is 29.0 Å². The molecule has 2 heterocycles. The van der Waals surface area contributed by atoms with Gasteiger partial charge >= 0.3 is 5.97 Å². The summed E-state index contributed by atoms with van der Waals surface area (Å²) in [5.41, 5.74) is 1.79. The zero-order chi connectivity index (χ0) is 18.7. The lowest BCUT2D eigenvalue weighted by Crippen LogP contribution is -2.12. The number of carbonyl (C=O) groups is 2. The van der Waals surface area contributed by atoms with Gasteiger partial charge in [0.15, 0.2) is 10.8 Å². The van der Waals surface area contributed by atoms with Crippen molar-refractivity contribution in [3.8, 4) is 10.4 Å². The van der Waals surface area contributed by atoms with E-state index in [1.807, 2.05) is 44.2 Å². The number of thiazole rings is 2. The average molecular weight is 387 g/mol. The topological polar surface area (TPSA) is 81.2 Å². The van der Waals surface area contributed by atoms with Crippen LogP contribution in [0.1, 0.15) is 37.8 Å². The number of aryl methyl sites for hydroxylation is 2. The minimum absolute atomic E-state index is 0.190. The molecule has 0 saturated carbocycles. The largest absolute Gasteiger partial charge is 0.464 e. The minimum atomic E-state index is -0.538. The first kappa shape index (κ1) is 18.2. The second kappa shape index (κ2) is 7.76. The van der Waals surface area contributed by atoms with E-state index in [1.165, 1.54) is 29.8 Å². The highest BCUT2D eigenvalue weighted by molar-refractivity contribution is 7.19. The summed E-state index contributed by atoms with van der Waals surface area (Å²) in [4.78, 5) is 34.6. The van der Waals surface area contributed by atoms with Crippen molar-refractivity contribution in [3.63, 3.8) is 0 Å². The van der Waals surface area contributed by atoms with Gasteiger partial charge < -0.3 is 4.74 Å². The Bertz CT molecular complexity index is 948. The van der Waals surface area contributed by atoms with Crippen molar-refractivity contribution in [2.24, 2.45) is 0 Å². The average Bonchev–Trinajstić information content (AvgIpc) is 3.25. The lowest BCUT2D eigenvalue weighted by atomic mass is 10.1. The summed E-state index contributed by atoms with van der Waals surface area (Å²) in [7, 11) is 1.31. The first-order valence-electron chi connectivity index (χ1n) is 7.95. The van der Waals surface area contributed by atoms with Gasteiger partial charge in [-0.2, -0.15) is 0 Å². The van der Waals surface area contributed by atoms with Crippen LogP contribution < -0.4 is 5.32 Å². The molecule has 1 amide bonds. The number of esters is 1. The molecule has 0 saturated heterocycles. The second-order valence-electron chi connectivity index (χ2n) is 5.37. The third-order valence-corrected chi connectivity index (χ3v) is 5.64. The molecule has 0 aliphatic rings. The molecule has 0 spiro atoms. The Morgan fingerprint density at radius 1 is 1.15 bits per heavy atom. The van der Waals surface area contributed by atoms with Crippen molar-refractivity contribution in [3.05, 3.63) is 51.6 Å². The van der Waals surface area contributed by atoms with Gasteiger partial charge in [0.2, 0.25) is 0 Å². The molecule has 0 bridgehead atoms. The molecule has 0 radical (unpaired) electrons. The summed E-state index contributed by atoms with van der Waals surface area (Å²) >= 11 is 2.59. The molecule has 3 rings (SSSR count). The van der Waals surface area contributed by atoms with E-state index in [0.29, 0.717) is 21.3 Å². The van der Waals surface area contributed by atoms with Crippen molar-refractivity contribution in [2.45, 2.75) is 20.3 Å². The quantitative estimate of drug-likeness (QED) is 0.664. The number of hydrogen-bond acceptors (Lipinski definition) is 7. The van der Waals surface area contributed by atoms with Gasteiger partial charge in [0.05, 0.1) is 22.7 Å². The van der Waals surface area contributed by atoms with Gasteiger partial charge in [-0.3, -0.25) is 10.1 Å².